The van der Waals surface area contributed by atoms with E-state index in [1.807, 2.05) is 12.4 Å². The highest BCUT2D eigenvalue weighted by Crippen LogP contribution is 2.18. The lowest BCUT2D eigenvalue weighted by Gasteiger charge is -2.14. The molecule has 0 spiro atoms. The molecule has 106 valence electrons. The van der Waals surface area contributed by atoms with E-state index in [0.29, 0.717) is 6.42 Å². The van der Waals surface area contributed by atoms with Crippen LogP contribution in [0, 0.1) is 0 Å². The van der Waals surface area contributed by atoms with E-state index in [4.69, 9.17) is 0 Å². The number of hydrogen-bond acceptors (Lipinski definition) is 4. The van der Waals surface area contributed by atoms with Crippen molar-refractivity contribution >= 4 is 42.1 Å². The standard InChI is InChI=1S/C11H19N3OS.2ClH/c1-3-9(11-13-7-8-16-11)14-10(15)5-4-6-12-2;;/h7-9,12H,3-6H2,1-2H3,(H,14,15);2*1H. The van der Waals surface area contributed by atoms with E-state index < -0.39 is 0 Å². The molecule has 1 rings (SSSR count). The number of amides is 1. The van der Waals surface area contributed by atoms with Gasteiger partial charge in [0.15, 0.2) is 0 Å². The van der Waals surface area contributed by atoms with Gasteiger partial charge in [-0.3, -0.25) is 4.79 Å². The SMILES string of the molecule is CCC(NC(=O)CCCNC)c1nccs1.Cl.Cl. The van der Waals surface area contributed by atoms with E-state index in [1.54, 1.807) is 17.5 Å². The molecular formula is C11H21Cl2N3OS. The Balaban J connectivity index is 0. The maximum Gasteiger partial charge on any atom is 0.220 e. The van der Waals surface area contributed by atoms with Gasteiger partial charge in [-0.1, -0.05) is 6.92 Å². The number of nitrogens with one attached hydrogen (secondary N) is 2. The number of thiazole rings is 1. The Bertz CT molecular complexity index is 309. The third kappa shape index (κ3) is 7.16. The van der Waals surface area contributed by atoms with Crippen molar-refractivity contribution in [2.75, 3.05) is 13.6 Å². The van der Waals surface area contributed by atoms with Crippen molar-refractivity contribution in [3.05, 3.63) is 16.6 Å². The summed E-state index contributed by atoms with van der Waals surface area (Å²) in [5.74, 6) is 0.109. The van der Waals surface area contributed by atoms with Gasteiger partial charge < -0.3 is 10.6 Å². The zero-order valence-electron chi connectivity index (χ0n) is 10.6. The summed E-state index contributed by atoms with van der Waals surface area (Å²) in [7, 11) is 1.89. The van der Waals surface area contributed by atoms with Crippen molar-refractivity contribution in [3.8, 4) is 0 Å². The van der Waals surface area contributed by atoms with E-state index in [2.05, 4.69) is 22.5 Å². The molecule has 0 radical (unpaired) electrons. The van der Waals surface area contributed by atoms with Crippen LogP contribution in [0.25, 0.3) is 0 Å². The van der Waals surface area contributed by atoms with Crippen LogP contribution in [0.3, 0.4) is 0 Å². The first-order chi connectivity index (χ1) is 7.77. The molecule has 1 unspecified atom stereocenters. The Morgan fingerprint density at radius 2 is 2.22 bits per heavy atom. The van der Waals surface area contributed by atoms with Crippen molar-refractivity contribution in [2.24, 2.45) is 0 Å². The van der Waals surface area contributed by atoms with Gasteiger partial charge in [-0.15, -0.1) is 36.2 Å². The smallest absolute Gasteiger partial charge is 0.220 e. The summed E-state index contributed by atoms with van der Waals surface area (Å²) in [5, 5.41) is 8.96. The van der Waals surface area contributed by atoms with Gasteiger partial charge in [-0.25, -0.2) is 4.98 Å². The molecule has 0 aliphatic carbocycles. The second-order valence-electron chi connectivity index (χ2n) is 3.61. The largest absolute Gasteiger partial charge is 0.347 e. The first-order valence-corrected chi connectivity index (χ1v) is 6.49. The van der Waals surface area contributed by atoms with Crippen molar-refractivity contribution in [2.45, 2.75) is 32.2 Å². The number of halogens is 2. The van der Waals surface area contributed by atoms with Crippen LogP contribution in [0.4, 0.5) is 0 Å². The number of nitrogens with zero attached hydrogens (tertiary/aromatic N) is 1. The van der Waals surface area contributed by atoms with Gasteiger partial charge in [-0.05, 0) is 26.4 Å². The maximum absolute atomic E-state index is 11.6. The number of rotatable bonds is 7. The van der Waals surface area contributed by atoms with Crippen molar-refractivity contribution in [1.82, 2.24) is 15.6 Å². The van der Waals surface area contributed by atoms with Crippen LogP contribution >= 0.6 is 36.2 Å². The molecule has 0 bridgehead atoms. The highest BCUT2D eigenvalue weighted by Gasteiger charge is 2.14. The molecule has 1 aromatic rings. The van der Waals surface area contributed by atoms with Gasteiger partial charge in [0.1, 0.15) is 5.01 Å². The average Bonchev–Trinajstić information content (AvgIpc) is 2.79. The predicted octanol–water partition coefficient (Wildman–Crippen LogP) is 2.55. The molecule has 0 saturated heterocycles. The molecule has 18 heavy (non-hydrogen) atoms. The molecular weight excluding hydrogens is 293 g/mol. The summed E-state index contributed by atoms with van der Waals surface area (Å²) in [6.45, 7) is 2.93. The van der Waals surface area contributed by atoms with Crippen LogP contribution in [-0.2, 0) is 4.79 Å². The van der Waals surface area contributed by atoms with Gasteiger partial charge in [0.25, 0.3) is 0 Å². The van der Waals surface area contributed by atoms with Gasteiger partial charge >= 0.3 is 0 Å². The average molecular weight is 314 g/mol. The molecule has 0 aliphatic rings. The highest BCUT2D eigenvalue weighted by molar-refractivity contribution is 7.09. The summed E-state index contributed by atoms with van der Waals surface area (Å²) < 4.78 is 0. The van der Waals surface area contributed by atoms with E-state index in [0.717, 1.165) is 24.4 Å². The summed E-state index contributed by atoms with van der Waals surface area (Å²) in [6, 6.07) is 0.0714. The van der Waals surface area contributed by atoms with E-state index in [9.17, 15) is 4.79 Å². The Hall–Kier alpha value is -0.360. The zero-order chi connectivity index (χ0) is 11.8. The fourth-order valence-corrected chi connectivity index (χ4v) is 2.21. The number of hydrogen-bond donors (Lipinski definition) is 2. The van der Waals surface area contributed by atoms with Crippen LogP contribution in [-0.4, -0.2) is 24.5 Å². The minimum Gasteiger partial charge on any atom is -0.347 e. The van der Waals surface area contributed by atoms with E-state index in [-0.39, 0.29) is 36.8 Å². The first kappa shape index (κ1) is 20.0. The normalized spacial score (nSPS) is 11.0. The Labute approximate surface area is 125 Å². The Morgan fingerprint density at radius 3 is 2.72 bits per heavy atom. The lowest BCUT2D eigenvalue weighted by atomic mass is 10.2. The van der Waals surface area contributed by atoms with E-state index >= 15 is 0 Å². The molecule has 1 amide bonds. The van der Waals surface area contributed by atoms with Crippen LogP contribution in [0.15, 0.2) is 11.6 Å². The highest BCUT2D eigenvalue weighted by atomic mass is 35.5. The van der Waals surface area contributed by atoms with Crippen molar-refractivity contribution in [3.63, 3.8) is 0 Å². The van der Waals surface area contributed by atoms with Crippen LogP contribution in [0.5, 0.6) is 0 Å². The monoisotopic (exact) mass is 313 g/mol. The summed E-state index contributed by atoms with van der Waals surface area (Å²) in [4.78, 5) is 15.8. The number of aromatic nitrogens is 1. The van der Waals surface area contributed by atoms with Gasteiger partial charge in [0.2, 0.25) is 5.91 Å². The molecule has 0 fully saturated rings. The van der Waals surface area contributed by atoms with Gasteiger partial charge in [0, 0.05) is 18.0 Å². The molecule has 0 saturated carbocycles. The summed E-state index contributed by atoms with van der Waals surface area (Å²) in [6.07, 6.45) is 4.10. The van der Waals surface area contributed by atoms with Crippen LogP contribution in [0.2, 0.25) is 0 Å². The molecule has 1 atom stereocenters. The minimum absolute atomic E-state index is 0. The van der Waals surface area contributed by atoms with E-state index in [1.165, 1.54) is 0 Å². The van der Waals surface area contributed by atoms with Gasteiger partial charge in [0.05, 0.1) is 6.04 Å². The third-order valence-electron chi connectivity index (χ3n) is 2.32. The molecule has 2 N–H and O–H groups in total. The molecule has 0 aliphatic heterocycles. The molecule has 0 aromatic carbocycles. The first-order valence-electron chi connectivity index (χ1n) is 5.61. The molecule has 7 heteroatoms. The summed E-state index contributed by atoms with van der Waals surface area (Å²) in [5.41, 5.74) is 0. The van der Waals surface area contributed by atoms with Crippen LogP contribution < -0.4 is 10.6 Å². The predicted molar refractivity (Wildman–Crippen MR) is 80.9 cm³/mol. The quantitative estimate of drug-likeness (QED) is 0.761. The minimum atomic E-state index is 0. The number of carbonyl (C=O) groups excluding carboxylic acids is 1. The second kappa shape index (κ2) is 11.7. The zero-order valence-corrected chi connectivity index (χ0v) is 13.1. The fraction of sp³-hybridized carbons (Fsp3) is 0.636. The number of carbonyl (C=O) groups is 1. The molecule has 1 heterocycles. The molecule has 4 nitrogen and oxygen atoms in total. The topological polar surface area (TPSA) is 54.0 Å². The lowest BCUT2D eigenvalue weighted by molar-refractivity contribution is -0.121. The summed E-state index contributed by atoms with van der Waals surface area (Å²) >= 11 is 1.59. The lowest BCUT2D eigenvalue weighted by Crippen LogP contribution is -2.28. The maximum atomic E-state index is 11.6. The van der Waals surface area contributed by atoms with Gasteiger partial charge in [-0.2, -0.15) is 0 Å². The Morgan fingerprint density at radius 1 is 1.50 bits per heavy atom. The van der Waals surface area contributed by atoms with Crippen LogP contribution in [0.1, 0.15) is 37.2 Å². The van der Waals surface area contributed by atoms with Crippen molar-refractivity contribution < 1.29 is 4.79 Å². The van der Waals surface area contributed by atoms with Crippen molar-refractivity contribution in [1.29, 1.82) is 0 Å². The second-order valence-corrected chi connectivity index (χ2v) is 4.53. The third-order valence-corrected chi connectivity index (χ3v) is 3.21. The fourth-order valence-electron chi connectivity index (χ4n) is 1.44. The molecule has 1 aromatic heterocycles. The Kier molecular flexibility index (Phi) is 13.0.